The van der Waals surface area contributed by atoms with Gasteiger partial charge in [0.05, 0.1) is 124 Å². The molecule has 0 saturated heterocycles. The summed E-state index contributed by atoms with van der Waals surface area (Å²) in [7, 11) is 0. The molecule has 0 spiro atoms. The number of carboxylic acid groups (broad SMARTS) is 1. The molecule has 2 heterocycles. The minimum Gasteiger partial charge on any atom is -0.480 e. The Kier molecular flexibility index (Phi) is 24.8. The highest BCUT2D eigenvalue weighted by Crippen LogP contribution is 2.12. The number of rotatable bonds is 35. The van der Waals surface area contributed by atoms with Crippen molar-refractivity contribution in [1.29, 1.82) is 0 Å². The van der Waals surface area contributed by atoms with Crippen LogP contribution in [0.5, 0.6) is 0 Å². The normalized spacial score (nSPS) is 11.7. The molecule has 9 N–H and O–H groups in total. The minimum absolute atomic E-state index is 0.0535. The molecule has 2 amide bonds. The Hall–Kier alpha value is -4.91. The second-order valence-electron chi connectivity index (χ2n) is 12.4. The molecule has 0 aliphatic heterocycles. The van der Waals surface area contributed by atoms with E-state index in [1.54, 1.807) is 12.1 Å². The number of nitrogen functional groups attached to an aromatic ring is 1. The van der Waals surface area contributed by atoms with Gasteiger partial charge < -0.3 is 70.4 Å². The van der Waals surface area contributed by atoms with Gasteiger partial charge in [-0.15, -0.1) is 0 Å². The van der Waals surface area contributed by atoms with Gasteiger partial charge in [-0.1, -0.05) is 0 Å². The van der Waals surface area contributed by atoms with Gasteiger partial charge >= 0.3 is 5.97 Å². The number of hydrogen-bond acceptors (Lipinski definition) is 18. The number of nitrogens with two attached hydrogens (primary N) is 2. The maximum absolute atomic E-state index is 12.8. The lowest BCUT2D eigenvalue weighted by molar-refractivity contribution is -0.139. The predicted octanol–water partition coefficient (Wildman–Crippen LogP) is -0.922. The fourth-order valence-electron chi connectivity index (χ4n) is 4.84. The predicted molar refractivity (Wildman–Crippen MR) is 213 cm³/mol. The topological polar surface area (TPSA) is 305 Å². The van der Waals surface area contributed by atoms with Crippen molar-refractivity contribution in [1.82, 2.24) is 30.6 Å². The third kappa shape index (κ3) is 21.6. The average Bonchev–Trinajstić information content (AvgIpc) is 3.22. The van der Waals surface area contributed by atoms with Crippen LogP contribution >= 0.6 is 0 Å². The monoisotopic (exact) mass is 835 g/mol. The van der Waals surface area contributed by atoms with Gasteiger partial charge in [0.1, 0.15) is 6.04 Å². The lowest BCUT2D eigenvalue weighted by Gasteiger charge is -2.15. The number of fused-ring (bicyclic) bond motifs is 1. The van der Waals surface area contributed by atoms with Crippen molar-refractivity contribution in [3.05, 3.63) is 52.1 Å². The third-order valence-corrected chi connectivity index (χ3v) is 7.81. The quantitative estimate of drug-likeness (QED) is 0.0352. The number of aliphatic carboxylic acids is 1. The van der Waals surface area contributed by atoms with E-state index in [-0.39, 0.29) is 61.1 Å². The first-order valence-electron chi connectivity index (χ1n) is 19.2. The molecule has 3 rings (SSSR count). The fourth-order valence-corrected chi connectivity index (χ4v) is 4.84. The Morgan fingerprint density at radius 1 is 0.729 bits per heavy atom. The average molecular weight is 836 g/mol. The number of H-pyrrole nitrogens is 1. The first-order chi connectivity index (χ1) is 28.8. The number of ether oxygens (including phenoxy) is 8. The van der Waals surface area contributed by atoms with Gasteiger partial charge in [-0.05, 0) is 30.7 Å². The number of amides is 2. The molecule has 22 nitrogen and oxygen atoms in total. The fraction of sp³-hybridized carbons (Fsp3) is 0.595. The Morgan fingerprint density at radius 3 is 1.75 bits per heavy atom. The summed E-state index contributed by atoms with van der Waals surface area (Å²) in [6.45, 7) is 7.97. The van der Waals surface area contributed by atoms with Gasteiger partial charge in [0, 0.05) is 30.8 Å². The number of hydrogen-bond donors (Lipinski definition) is 7. The summed E-state index contributed by atoms with van der Waals surface area (Å²) in [6, 6.07) is 5.03. The summed E-state index contributed by atoms with van der Waals surface area (Å²) < 4.78 is 43.2. The van der Waals surface area contributed by atoms with Crippen LogP contribution in [0.15, 0.2) is 35.3 Å². The standard InChI is InChI=1S/C37H57N9O13/c38-7-9-52-11-13-54-15-17-56-19-21-58-23-24-59-22-20-57-18-16-55-14-12-53-10-8-40-31(47)6-5-30(36(50)51)44-34(48)27-1-3-28(4-2-27)41-25-29-26-42-33-32(43-29)35(49)46-37(39)45-33/h1-4,26,30,41H,5-25,38H2,(H,40,47)(H,44,48)(H,50,51)(H3,39,42,45,46,49)/t30-/m0/s1. The Balaban J connectivity index is 1.12. The summed E-state index contributed by atoms with van der Waals surface area (Å²) in [5.41, 5.74) is 11.9. The second kappa shape index (κ2) is 30.2. The number of carbonyl (C=O) groups excluding carboxylic acids is 2. The summed E-state index contributed by atoms with van der Waals surface area (Å²) >= 11 is 0. The molecular weight excluding hydrogens is 778 g/mol. The number of carbonyl (C=O) groups is 3. The van der Waals surface area contributed by atoms with Crippen LogP contribution in [0.3, 0.4) is 0 Å². The number of carboxylic acids is 1. The van der Waals surface area contributed by atoms with Crippen LogP contribution in [0.4, 0.5) is 11.6 Å². The molecule has 1 atom stereocenters. The van der Waals surface area contributed by atoms with E-state index < -0.39 is 23.5 Å². The number of anilines is 2. The van der Waals surface area contributed by atoms with Crippen LogP contribution in [0, 0.1) is 0 Å². The number of nitrogens with one attached hydrogen (secondary N) is 4. The SMILES string of the molecule is NCCOCCOCCOCCOCCOCCOCCOCCOCCNC(=O)CC[C@H](NC(=O)c1ccc(NCc2cnc3nc(N)[nH]c(=O)c3n2)cc1)C(=O)O. The molecule has 2 aromatic heterocycles. The van der Waals surface area contributed by atoms with Gasteiger partial charge in [-0.3, -0.25) is 19.4 Å². The Morgan fingerprint density at radius 2 is 1.24 bits per heavy atom. The number of aromatic nitrogens is 4. The first kappa shape index (κ1) is 48.5. The van der Waals surface area contributed by atoms with E-state index in [4.69, 9.17) is 49.4 Å². The highest BCUT2D eigenvalue weighted by molar-refractivity contribution is 5.97. The zero-order chi connectivity index (χ0) is 42.3. The lowest BCUT2D eigenvalue weighted by Crippen LogP contribution is -2.41. The first-order valence-corrected chi connectivity index (χ1v) is 19.2. The van der Waals surface area contributed by atoms with Crippen LogP contribution in [-0.2, 0) is 54.0 Å². The molecule has 0 radical (unpaired) electrons. The van der Waals surface area contributed by atoms with Crippen LogP contribution in [-0.4, -0.2) is 168 Å². The van der Waals surface area contributed by atoms with Crippen LogP contribution in [0.25, 0.3) is 11.2 Å². The summed E-state index contributed by atoms with van der Waals surface area (Å²) in [5, 5.41) is 17.9. The highest BCUT2D eigenvalue weighted by Gasteiger charge is 2.22. The molecule has 1 aromatic carbocycles. The third-order valence-electron chi connectivity index (χ3n) is 7.81. The largest absolute Gasteiger partial charge is 0.480 e. The summed E-state index contributed by atoms with van der Waals surface area (Å²) in [6.07, 6.45) is 1.24. The van der Waals surface area contributed by atoms with Crippen molar-refractivity contribution in [3.63, 3.8) is 0 Å². The molecular formula is C37H57N9O13. The number of aromatic amines is 1. The minimum atomic E-state index is -1.28. The zero-order valence-corrected chi connectivity index (χ0v) is 33.2. The van der Waals surface area contributed by atoms with E-state index in [0.29, 0.717) is 117 Å². The molecule has 0 aliphatic carbocycles. The van der Waals surface area contributed by atoms with Crippen molar-refractivity contribution in [2.24, 2.45) is 5.73 Å². The Labute approximate surface area is 341 Å². The molecule has 3 aromatic rings. The molecule has 0 aliphatic rings. The van der Waals surface area contributed by atoms with E-state index >= 15 is 0 Å². The summed E-state index contributed by atoms with van der Waals surface area (Å²) in [4.78, 5) is 63.6. The molecule has 328 valence electrons. The molecule has 22 heteroatoms. The Bertz CT molecular complexity index is 1700. The van der Waals surface area contributed by atoms with Crippen LogP contribution in [0.1, 0.15) is 28.9 Å². The maximum atomic E-state index is 12.8. The highest BCUT2D eigenvalue weighted by atomic mass is 16.6. The van der Waals surface area contributed by atoms with Crippen LogP contribution < -0.4 is 33.0 Å². The van der Waals surface area contributed by atoms with E-state index in [0.717, 1.165) is 0 Å². The molecule has 0 bridgehead atoms. The molecule has 0 unspecified atom stereocenters. The number of benzene rings is 1. The van der Waals surface area contributed by atoms with Crippen molar-refractivity contribution in [2.45, 2.75) is 25.4 Å². The van der Waals surface area contributed by atoms with E-state index in [2.05, 4.69) is 35.9 Å². The summed E-state index contributed by atoms with van der Waals surface area (Å²) in [5.74, 6) is -2.31. The second-order valence-corrected chi connectivity index (χ2v) is 12.4. The maximum Gasteiger partial charge on any atom is 0.326 e. The van der Waals surface area contributed by atoms with Crippen molar-refractivity contribution in [2.75, 3.05) is 130 Å². The van der Waals surface area contributed by atoms with Gasteiger partial charge in [0.2, 0.25) is 11.9 Å². The smallest absolute Gasteiger partial charge is 0.326 e. The van der Waals surface area contributed by atoms with Crippen LogP contribution in [0.2, 0.25) is 0 Å². The van der Waals surface area contributed by atoms with Crippen molar-refractivity contribution in [3.8, 4) is 0 Å². The van der Waals surface area contributed by atoms with Gasteiger partial charge in [0.25, 0.3) is 11.5 Å². The van der Waals surface area contributed by atoms with Crippen molar-refractivity contribution >= 4 is 40.6 Å². The molecule has 0 fully saturated rings. The number of nitrogens with zero attached hydrogens (tertiary/aromatic N) is 3. The van der Waals surface area contributed by atoms with E-state index in [1.165, 1.54) is 18.3 Å². The zero-order valence-electron chi connectivity index (χ0n) is 33.2. The van der Waals surface area contributed by atoms with E-state index in [1.807, 2.05) is 0 Å². The van der Waals surface area contributed by atoms with Crippen molar-refractivity contribution < 1.29 is 57.4 Å². The molecule has 59 heavy (non-hydrogen) atoms. The van der Waals surface area contributed by atoms with E-state index in [9.17, 15) is 24.3 Å². The van der Waals surface area contributed by atoms with Gasteiger partial charge in [-0.2, -0.15) is 4.98 Å². The van der Waals surface area contributed by atoms with Gasteiger partial charge in [-0.25, -0.2) is 14.8 Å². The lowest BCUT2D eigenvalue weighted by atomic mass is 10.1. The van der Waals surface area contributed by atoms with Gasteiger partial charge in [0.15, 0.2) is 11.2 Å². The molecule has 0 saturated carbocycles.